The topological polar surface area (TPSA) is 59.0 Å². The molecule has 0 saturated carbocycles. The molecule has 2 amide bonds. The highest BCUT2D eigenvalue weighted by molar-refractivity contribution is 6.59. The maximum absolute atomic E-state index is 13.1. The summed E-state index contributed by atoms with van der Waals surface area (Å²) in [6, 6.07) is 21.5. The first-order valence-electron chi connectivity index (χ1n) is 8.86. The minimum atomic E-state index is -0.428. The molecule has 1 aliphatic rings. The molecule has 0 radical (unpaired) electrons. The quantitative estimate of drug-likeness (QED) is 0.646. The van der Waals surface area contributed by atoms with Crippen LogP contribution in [0.1, 0.15) is 21.5 Å². The number of nitrogens with zero attached hydrogens (tertiary/aromatic N) is 2. The summed E-state index contributed by atoms with van der Waals surface area (Å²) < 4.78 is 5.15. The van der Waals surface area contributed by atoms with Gasteiger partial charge in [0.05, 0.1) is 18.5 Å². The number of para-hydroxylation sites is 1. The van der Waals surface area contributed by atoms with Gasteiger partial charge in [-0.05, 0) is 49.4 Å². The summed E-state index contributed by atoms with van der Waals surface area (Å²) in [5.74, 6) is -0.0850. The SMILES string of the molecule is COc1ccc(N=C2C(=O)N(C(=O)c3ccc(C)cc3)c3ccccc32)cc1. The number of rotatable bonds is 3. The summed E-state index contributed by atoms with van der Waals surface area (Å²) in [6.45, 7) is 1.95. The van der Waals surface area contributed by atoms with Crippen LogP contribution in [0, 0.1) is 6.92 Å². The summed E-state index contributed by atoms with van der Waals surface area (Å²) in [5.41, 5.74) is 3.56. The lowest BCUT2D eigenvalue weighted by atomic mass is 10.1. The zero-order valence-electron chi connectivity index (χ0n) is 15.5. The van der Waals surface area contributed by atoms with Gasteiger partial charge in [0.2, 0.25) is 0 Å². The number of hydrogen-bond donors (Lipinski definition) is 0. The van der Waals surface area contributed by atoms with Gasteiger partial charge in [-0.15, -0.1) is 0 Å². The predicted octanol–water partition coefficient (Wildman–Crippen LogP) is 4.31. The number of carbonyl (C=O) groups is 2. The van der Waals surface area contributed by atoms with Gasteiger partial charge in [-0.25, -0.2) is 9.89 Å². The molecule has 5 heteroatoms. The fraction of sp³-hybridized carbons (Fsp3) is 0.0870. The summed E-state index contributed by atoms with van der Waals surface area (Å²) in [4.78, 5) is 31.9. The van der Waals surface area contributed by atoms with Gasteiger partial charge in [-0.2, -0.15) is 0 Å². The number of methoxy groups -OCH3 is 1. The first-order valence-corrected chi connectivity index (χ1v) is 8.86. The second-order valence-electron chi connectivity index (χ2n) is 6.49. The monoisotopic (exact) mass is 370 g/mol. The number of amides is 2. The molecule has 0 fully saturated rings. The Morgan fingerprint density at radius 3 is 2.29 bits per heavy atom. The van der Waals surface area contributed by atoms with E-state index in [0.29, 0.717) is 28.3 Å². The van der Waals surface area contributed by atoms with Gasteiger partial charge >= 0.3 is 0 Å². The molecular weight excluding hydrogens is 352 g/mol. The van der Waals surface area contributed by atoms with Gasteiger partial charge in [0.1, 0.15) is 11.5 Å². The summed E-state index contributed by atoms with van der Waals surface area (Å²) in [6.07, 6.45) is 0. The summed E-state index contributed by atoms with van der Waals surface area (Å²) >= 11 is 0. The van der Waals surface area contributed by atoms with E-state index >= 15 is 0 Å². The van der Waals surface area contributed by atoms with Crippen molar-refractivity contribution in [3.05, 3.63) is 89.5 Å². The molecule has 0 bridgehead atoms. The maximum atomic E-state index is 13.1. The van der Waals surface area contributed by atoms with Crippen molar-refractivity contribution < 1.29 is 14.3 Å². The Morgan fingerprint density at radius 2 is 1.61 bits per heavy atom. The van der Waals surface area contributed by atoms with Gasteiger partial charge in [0, 0.05) is 11.1 Å². The molecule has 0 unspecified atom stereocenters. The van der Waals surface area contributed by atoms with E-state index in [0.717, 1.165) is 5.56 Å². The van der Waals surface area contributed by atoms with E-state index in [-0.39, 0.29) is 11.6 Å². The Morgan fingerprint density at radius 1 is 0.929 bits per heavy atom. The molecule has 3 aromatic rings. The zero-order valence-corrected chi connectivity index (χ0v) is 15.5. The van der Waals surface area contributed by atoms with E-state index in [1.165, 1.54) is 4.90 Å². The largest absolute Gasteiger partial charge is 0.497 e. The van der Waals surface area contributed by atoms with Crippen molar-refractivity contribution in [2.75, 3.05) is 12.0 Å². The molecule has 1 heterocycles. The number of aryl methyl sites for hydroxylation is 1. The predicted molar refractivity (Wildman–Crippen MR) is 109 cm³/mol. The fourth-order valence-corrected chi connectivity index (χ4v) is 3.12. The van der Waals surface area contributed by atoms with Crippen molar-refractivity contribution in [2.45, 2.75) is 6.92 Å². The number of aliphatic imine (C=N–C) groups is 1. The molecule has 0 spiro atoms. The Labute approximate surface area is 162 Å². The highest BCUT2D eigenvalue weighted by Gasteiger charge is 2.38. The second kappa shape index (κ2) is 7.12. The van der Waals surface area contributed by atoms with Crippen molar-refractivity contribution in [1.82, 2.24) is 0 Å². The Bertz CT molecular complexity index is 1080. The number of imide groups is 1. The Balaban J connectivity index is 1.76. The number of hydrogen-bond acceptors (Lipinski definition) is 4. The third-order valence-corrected chi connectivity index (χ3v) is 4.62. The number of ether oxygens (including phenoxy) is 1. The van der Waals surface area contributed by atoms with Gasteiger partial charge in [0.25, 0.3) is 11.8 Å². The van der Waals surface area contributed by atoms with Crippen LogP contribution in [0.15, 0.2) is 77.8 Å². The van der Waals surface area contributed by atoms with E-state index in [2.05, 4.69) is 4.99 Å². The van der Waals surface area contributed by atoms with Crippen LogP contribution in [0.5, 0.6) is 5.75 Å². The van der Waals surface area contributed by atoms with Crippen LogP contribution < -0.4 is 9.64 Å². The summed E-state index contributed by atoms with van der Waals surface area (Å²) in [5, 5.41) is 0. The molecule has 5 nitrogen and oxygen atoms in total. The number of benzene rings is 3. The average molecular weight is 370 g/mol. The Kier molecular flexibility index (Phi) is 4.49. The van der Waals surface area contributed by atoms with Crippen LogP contribution in [0.2, 0.25) is 0 Å². The van der Waals surface area contributed by atoms with Crippen LogP contribution in [-0.4, -0.2) is 24.6 Å². The molecule has 0 aromatic heterocycles. The van der Waals surface area contributed by atoms with Crippen molar-refractivity contribution in [3.63, 3.8) is 0 Å². The smallest absolute Gasteiger partial charge is 0.284 e. The lowest BCUT2D eigenvalue weighted by Crippen LogP contribution is -2.36. The fourth-order valence-electron chi connectivity index (χ4n) is 3.12. The molecule has 28 heavy (non-hydrogen) atoms. The van der Waals surface area contributed by atoms with Crippen molar-refractivity contribution in [2.24, 2.45) is 4.99 Å². The van der Waals surface area contributed by atoms with E-state index in [4.69, 9.17) is 4.74 Å². The summed E-state index contributed by atoms with van der Waals surface area (Å²) in [7, 11) is 1.59. The first-order chi connectivity index (χ1) is 13.6. The third kappa shape index (κ3) is 3.07. The van der Waals surface area contributed by atoms with Crippen molar-refractivity contribution >= 4 is 28.9 Å². The number of fused-ring (bicyclic) bond motifs is 1. The van der Waals surface area contributed by atoms with E-state index in [1.54, 1.807) is 61.7 Å². The van der Waals surface area contributed by atoms with Gasteiger partial charge in [0.15, 0.2) is 0 Å². The zero-order chi connectivity index (χ0) is 19.7. The maximum Gasteiger partial charge on any atom is 0.284 e. The third-order valence-electron chi connectivity index (χ3n) is 4.62. The van der Waals surface area contributed by atoms with E-state index in [1.807, 2.05) is 25.1 Å². The van der Waals surface area contributed by atoms with Crippen LogP contribution in [0.4, 0.5) is 11.4 Å². The normalized spacial score (nSPS) is 14.3. The lowest BCUT2D eigenvalue weighted by molar-refractivity contribution is -0.111. The highest BCUT2D eigenvalue weighted by Crippen LogP contribution is 2.32. The molecule has 4 rings (SSSR count). The van der Waals surface area contributed by atoms with Crippen LogP contribution in [0.25, 0.3) is 0 Å². The van der Waals surface area contributed by atoms with Gasteiger partial charge in [-0.1, -0.05) is 35.9 Å². The van der Waals surface area contributed by atoms with E-state index in [9.17, 15) is 9.59 Å². The first kappa shape index (κ1) is 17.7. The molecular formula is C23H18N2O3. The van der Waals surface area contributed by atoms with Crippen LogP contribution in [-0.2, 0) is 4.79 Å². The van der Waals surface area contributed by atoms with Crippen molar-refractivity contribution in [1.29, 1.82) is 0 Å². The standard InChI is InChI=1S/C23H18N2O3/c1-15-7-9-16(10-8-15)22(26)25-20-6-4-3-5-19(20)21(23(25)27)24-17-11-13-18(28-2)14-12-17/h3-14H,1-2H3. The average Bonchev–Trinajstić information content (AvgIpc) is 3.00. The number of anilines is 1. The van der Waals surface area contributed by atoms with Crippen molar-refractivity contribution in [3.8, 4) is 5.75 Å². The molecule has 138 valence electrons. The Hall–Kier alpha value is -3.73. The minimum Gasteiger partial charge on any atom is -0.497 e. The van der Waals surface area contributed by atoms with E-state index < -0.39 is 5.91 Å². The highest BCUT2D eigenvalue weighted by atomic mass is 16.5. The van der Waals surface area contributed by atoms with Crippen LogP contribution >= 0.6 is 0 Å². The minimum absolute atomic E-state index is 0.251. The number of carbonyl (C=O) groups excluding carboxylic acids is 2. The molecule has 3 aromatic carbocycles. The molecule has 0 atom stereocenters. The molecule has 0 aliphatic carbocycles. The van der Waals surface area contributed by atoms with Gasteiger partial charge in [-0.3, -0.25) is 9.59 Å². The van der Waals surface area contributed by atoms with Crippen LogP contribution in [0.3, 0.4) is 0 Å². The van der Waals surface area contributed by atoms with Gasteiger partial charge < -0.3 is 4.74 Å². The second-order valence-corrected chi connectivity index (χ2v) is 6.49. The molecule has 0 saturated heterocycles. The molecule has 1 aliphatic heterocycles. The lowest BCUT2D eigenvalue weighted by Gasteiger charge is -2.15. The molecule has 0 N–H and O–H groups in total.